The van der Waals surface area contributed by atoms with Gasteiger partial charge in [0.1, 0.15) is 6.10 Å². The topological polar surface area (TPSA) is 27.7 Å². The first-order chi connectivity index (χ1) is 6.22. The molecule has 13 heavy (non-hydrogen) atoms. The lowest BCUT2D eigenvalue weighted by atomic mass is 9.97. The van der Waals surface area contributed by atoms with Gasteiger partial charge in [0.25, 0.3) is 0 Å². The Labute approximate surface area is 80.4 Å². The maximum atomic E-state index is 5.77. The first-order valence-electron chi connectivity index (χ1n) is 4.94. The number of hydrogen-bond donors (Lipinski definition) is 0. The van der Waals surface area contributed by atoms with E-state index in [4.69, 9.17) is 14.2 Å². The van der Waals surface area contributed by atoms with Gasteiger partial charge in [0.15, 0.2) is 0 Å². The van der Waals surface area contributed by atoms with Crippen molar-refractivity contribution in [1.29, 1.82) is 0 Å². The van der Waals surface area contributed by atoms with Crippen molar-refractivity contribution in [2.24, 2.45) is 0 Å². The van der Waals surface area contributed by atoms with Gasteiger partial charge in [-0.3, -0.25) is 0 Å². The summed E-state index contributed by atoms with van der Waals surface area (Å²) >= 11 is 0. The van der Waals surface area contributed by atoms with Gasteiger partial charge in [0.05, 0.1) is 18.3 Å². The lowest BCUT2D eigenvalue weighted by Crippen LogP contribution is -2.48. The van der Waals surface area contributed by atoms with E-state index in [0.29, 0.717) is 6.10 Å². The smallest absolute Gasteiger partial charge is 0.109 e. The van der Waals surface area contributed by atoms with E-state index in [0.717, 1.165) is 12.8 Å². The summed E-state index contributed by atoms with van der Waals surface area (Å²) in [6.07, 6.45) is 2.70. The molecule has 1 fully saturated rings. The average Bonchev–Trinajstić information content (AvgIpc) is 2.16. The van der Waals surface area contributed by atoms with Crippen molar-refractivity contribution in [2.45, 2.75) is 51.1 Å². The van der Waals surface area contributed by atoms with E-state index in [-0.39, 0.29) is 18.3 Å². The molecule has 0 N–H and O–H groups in total. The largest absolute Gasteiger partial charge is 0.379 e. The summed E-state index contributed by atoms with van der Waals surface area (Å²) < 4.78 is 16.5. The molecule has 1 aliphatic heterocycles. The second kappa shape index (κ2) is 4.94. The summed E-state index contributed by atoms with van der Waals surface area (Å²) in [7, 11) is 3.45. The van der Waals surface area contributed by atoms with Crippen LogP contribution in [0.2, 0.25) is 0 Å². The molecule has 0 saturated carbocycles. The molecule has 0 radical (unpaired) electrons. The van der Waals surface area contributed by atoms with Crippen LogP contribution in [0.25, 0.3) is 0 Å². The van der Waals surface area contributed by atoms with E-state index in [9.17, 15) is 0 Å². The lowest BCUT2D eigenvalue weighted by molar-refractivity contribution is -0.180. The Kier molecular flexibility index (Phi) is 4.16. The average molecular weight is 188 g/mol. The van der Waals surface area contributed by atoms with Crippen molar-refractivity contribution in [3.63, 3.8) is 0 Å². The Morgan fingerprint density at radius 1 is 1.31 bits per heavy atom. The fourth-order valence-electron chi connectivity index (χ4n) is 1.97. The third-order valence-electron chi connectivity index (χ3n) is 2.76. The van der Waals surface area contributed by atoms with Crippen molar-refractivity contribution >= 4 is 0 Å². The molecule has 4 atom stereocenters. The van der Waals surface area contributed by atoms with Crippen molar-refractivity contribution in [3.05, 3.63) is 0 Å². The molecule has 0 aliphatic carbocycles. The summed E-state index contributed by atoms with van der Waals surface area (Å²) in [4.78, 5) is 0. The minimum Gasteiger partial charge on any atom is -0.379 e. The highest BCUT2D eigenvalue weighted by molar-refractivity contribution is 4.84. The molecule has 0 amide bonds. The predicted octanol–water partition coefficient (Wildman–Crippen LogP) is 1.60. The Bertz CT molecular complexity index is 149. The van der Waals surface area contributed by atoms with Crippen LogP contribution in [0.4, 0.5) is 0 Å². The zero-order valence-electron chi connectivity index (χ0n) is 8.95. The first-order valence-corrected chi connectivity index (χ1v) is 4.94. The number of hydrogen-bond acceptors (Lipinski definition) is 3. The zero-order valence-corrected chi connectivity index (χ0v) is 8.95. The molecular formula is C10H20O3. The van der Waals surface area contributed by atoms with Crippen LogP contribution in [0, 0.1) is 0 Å². The molecule has 0 aromatic carbocycles. The van der Waals surface area contributed by atoms with Gasteiger partial charge in [-0.05, 0) is 13.3 Å². The maximum absolute atomic E-state index is 5.77. The maximum Gasteiger partial charge on any atom is 0.109 e. The highest BCUT2D eigenvalue weighted by Crippen LogP contribution is 2.25. The summed E-state index contributed by atoms with van der Waals surface area (Å²) in [5.74, 6) is 0. The van der Waals surface area contributed by atoms with E-state index in [1.807, 2.05) is 6.92 Å². The van der Waals surface area contributed by atoms with Gasteiger partial charge in [0.2, 0.25) is 0 Å². The van der Waals surface area contributed by atoms with Gasteiger partial charge in [-0.2, -0.15) is 0 Å². The van der Waals surface area contributed by atoms with Crippen LogP contribution < -0.4 is 0 Å². The molecule has 0 spiro atoms. The Morgan fingerprint density at radius 2 is 2.00 bits per heavy atom. The fraction of sp³-hybridized carbons (Fsp3) is 1.00. The Morgan fingerprint density at radius 3 is 2.46 bits per heavy atom. The monoisotopic (exact) mass is 188 g/mol. The molecule has 78 valence electrons. The molecular weight excluding hydrogens is 168 g/mol. The van der Waals surface area contributed by atoms with E-state index >= 15 is 0 Å². The molecule has 3 nitrogen and oxygen atoms in total. The lowest BCUT2D eigenvalue weighted by Gasteiger charge is -2.38. The Hall–Kier alpha value is -0.120. The quantitative estimate of drug-likeness (QED) is 0.673. The van der Waals surface area contributed by atoms with Crippen molar-refractivity contribution in [1.82, 2.24) is 0 Å². The van der Waals surface area contributed by atoms with E-state index in [1.165, 1.54) is 0 Å². The molecule has 4 unspecified atom stereocenters. The van der Waals surface area contributed by atoms with Crippen LogP contribution in [-0.4, -0.2) is 38.6 Å². The SMILES string of the molecule is CCC1CC(OC)C(OC)C(C)O1. The van der Waals surface area contributed by atoms with Gasteiger partial charge >= 0.3 is 0 Å². The highest BCUT2D eigenvalue weighted by Gasteiger charge is 2.35. The van der Waals surface area contributed by atoms with Gasteiger partial charge in [0, 0.05) is 20.6 Å². The number of ether oxygens (including phenoxy) is 3. The van der Waals surface area contributed by atoms with Crippen LogP contribution in [0.15, 0.2) is 0 Å². The first kappa shape index (κ1) is 11.0. The molecule has 0 bridgehead atoms. The van der Waals surface area contributed by atoms with Crippen molar-refractivity contribution in [2.75, 3.05) is 14.2 Å². The Balaban J connectivity index is 2.57. The molecule has 1 saturated heterocycles. The fourth-order valence-corrected chi connectivity index (χ4v) is 1.97. The second-order valence-corrected chi connectivity index (χ2v) is 3.58. The summed E-state index contributed by atoms with van der Waals surface area (Å²) in [6.45, 7) is 4.18. The van der Waals surface area contributed by atoms with E-state index in [1.54, 1.807) is 14.2 Å². The molecule has 3 heteroatoms. The van der Waals surface area contributed by atoms with Crippen molar-refractivity contribution < 1.29 is 14.2 Å². The predicted molar refractivity (Wildman–Crippen MR) is 50.8 cm³/mol. The van der Waals surface area contributed by atoms with Crippen LogP contribution in [0.1, 0.15) is 26.7 Å². The van der Waals surface area contributed by atoms with E-state index in [2.05, 4.69) is 6.92 Å². The molecule has 1 aliphatic rings. The third kappa shape index (κ3) is 2.42. The summed E-state index contributed by atoms with van der Waals surface area (Å²) in [6, 6.07) is 0. The molecule has 1 heterocycles. The minimum absolute atomic E-state index is 0.0767. The molecule has 0 aromatic heterocycles. The van der Waals surface area contributed by atoms with Crippen molar-refractivity contribution in [3.8, 4) is 0 Å². The van der Waals surface area contributed by atoms with Gasteiger partial charge in [-0.1, -0.05) is 6.92 Å². The summed E-state index contributed by atoms with van der Waals surface area (Å²) in [5.41, 5.74) is 0. The van der Waals surface area contributed by atoms with Crippen LogP contribution in [-0.2, 0) is 14.2 Å². The molecule has 0 aromatic rings. The van der Waals surface area contributed by atoms with Gasteiger partial charge < -0.3 is 14.2 Å². The van der Waals surface area contributed by atoms with E-state index < -0.39 is 0 Å². The van der Waals surface area contributed by atoms with Crippen LogP contribution in [0.5, 0.6) is 0 Å². The normalized spacial score (nSPS) is 40.6. The summed E-state index contributed by atoms with van der Waals surface area (Å²) in [5, 5.41) is 0. The minimum atomic E-state index is 0.0767. The second-order valence-electron chi connectivity index (χ2n) is 3.58. The number of methoxy groups -OCH3 is 2. The highest BCUT2D eigenvalue weighted by atomic mass is 16.6. The van der Waals surface area contributed by atoms with Gasteiger partial charge in [-0.15, -0.1) is 0 Å². The zero-order chi connectivity index (χ0) is 9.84. The van der Waals surface area contributed by atoms with Crippen LogP contribution in [0.3, 0.4) is 0 Å². The standard InChI is InChI=1S/C10H20O3/c1-5-8-6-9(11-3)10(12-4)7(2)13-8/h7-10H,5-6H2,1-4H3. The van der Waals surface area contributed by atoms with Crippen LogP contribution >= 0.6 is 0 Å². The number of rotatable bonds is 3. The molecule has 1 rings (SSSR count). The van der Waals surface area contributed by atoms with Gasteiger partial charge in [-0.25, -0.2) is 0 Å². The third-order valence-corrected chi connectivity index (χ3v) is 2.76.